The van der Waals surface area contributed by atoms with Gasteiger partial charge < -0.3 is 9.47 Å². The summed E-state index contributed by atoms with van der Waals surface area (Å²) >= 11 is 0. The van der Waals surface area contributed by atoms with Crippen LogP contribution >= 0.6 is 0 Å². The molecule has 1 aliphatic rings. The minimum atomic E-state index is -3.38. The van der Waals surface area contributed by atoms with E-state index >= 15 is 0 Å². The number of imidazole rings is 1. The Morgan fingerprint density at radius 2 is 2.05 bits per heavy atom. The Balaban J connectivity index is 2.22. The third kappa shape index (κ3) is 3.03. The zero-order valence-corrected chi connectivity index (χ0v) is 13.3. The van der Waals surface area contributed by atoms with Gasteiger partial charge in [-0.05, 0) is 27.1 Å². The molecule has 0 aromatic carbocycles. The van der Waals surface area contributed by atoms with Gasteiger partial charge in [-0.1, -0.05) is 0 Å². The third-order valence-corrected chi connectivity index (χ3v) is 5.44. The molecule has 2 heterocycles. The topological polar surface area (TPSA) is 61.7 Å². The number of hydrogen-bond acceptors (Lipinski definition) is 4. The molecular weight excluding hydrogens is 278 g/mol. The molecule has 114 valence electrons. The van der Waals surface area contributed by atoms with E-state index in [1.54, 1.807) is 26.6 Å². The molecular formula is C12H23N5O2S. The number of rotatable bonds is 5. The Hall–Kier alpha value is -0.960. The van der Waals surface area contributed by atoms with Crippen molar-refractivity contribution < 1.29 is 8.42 Å². The van der Waals surface area contributed by atoms with Gasteiger partial charge in [-0.2, -0.15) is 17.0 Å². The second kappa shape index (κ2) is 5.80. The first-order chi connectivity index (χ1) is 9.32. The fourth-order valence-electron chi connectivity index (χ4n) is 2.40. The van der Waals surface area contributed by atoms with Gasteiger partial charge in [0.1, 0.15) is 0 Å². The van der Waals surface area contributed by atoms with E-state index in [2.05, 4.69) is 14.5 Å². The fraction of sp³-hybridized carbons (Fsp3) is 0.750. The summed E-state index contributed by atoms with van der Waals surface area (Å²) in [6.45, 7) is 1.80. The fourth-order valence-corrected chi connectivity index (χ4v) is 3.51. The molecule has 0 aliphatic carbocycles. The van der Waals surface area contributed by atoms with E-state index in [1.807, 2.05) is 14.1 Å². The molecule has 0 bridgehead atoms. The molecule has 0 saturated heterocycles. The van der Waals surface area contributed by atoms with E-state index in [4.69, 9.17) is 0 Å². The van der Waals surface area contributed by atoms with Crippen molar-refractivity contribution in [3.8, 4) is 0 Å². The van der Waals surface area contributed by atoms with E-state index in [0.717, 1.165) is 18.7 Å². The summed E-state index contributed by atoms with van der Waals surface area (Å²) in [6.07, 6.45) is 4.45. The van der Waals surface area contributed by atoms with Gasteiger partial charge in [0.2, 0.25) is 0 Å². The molecule has 1 atom stereocenters. The Labute approximate surface area is 121 Å². The summed E-state index contributed by atoms with van der Waals surface area (Å²) < 4.78 is 29.5. The van der Waals surface area contributed by atoms with E-state index in [-0.39, 0.29) is 6.04 Å². The van der Waals surface area contributed by atoms with Crippen molar-refractivity contribution in [1.82, 2.24) is 23.1 Å². The SMILES string of the molecule is CN(C)CCC1CN(S(=O)(=O)N(C)C)Cc2cncn21. The molecule has 0 amide bonds. The normalized spacial score (nSPS) is 20.6. The molecule has 0 N–H and O–H groups in total. The standard InChI is InChI=1S/C12H23N5O2S/c1-14(2)6-5-11-8-16(20(18,19)15(3)4)9-12-7-13-10-17(11)12/h7,10-11H,5-6,8-9H2,1-4H3. The Morgan fingerprint density at radius 3 is 2.65 bits per heavy atom. The van der Waals surface area contributed by atoms with Crippen LogP contribution in [0.4, 0.5) is 0 Å². The van der Waals surface area contributed by atoms with Gasteiger partial charge in [0.05, 0.1) is 18.6 Å². The van der Waals surface area contributed by atoms with Gasteiger partial charge in [0, 0.05) is 32.9 Å². The lowest BCUT2D eigenvalue weighted by atomic mass is 10.1. The molecule has 0 spiro atoms. The van der Waals surface area contributed by atoms with Crippen LogP contribution in [-0.2, 0) is 16.8 Å². The summed E-state index contributed by atoms with van der Waals surface area (Å²) in [6, 6.07) is 0.137. The zero-order valence-electron chi connectivity index (χ0n) is 12.5. The van der Waals surface area contributed by atoms with Gasteiger partial charge in [-0.25, -0.2) is 4.98 Å². The number of aromatic nitrogens is 2. The van der Waals surface area contributed by atoms with Crippen LogP contribution < -0.4 is 0 Å². The highest BCUT2D eigenvalue weighted by atomic mass is 32.2. The zero-order chi connectivity index (χ0) is 14.9. The van der Waals surface area contributed by atoms with Crippen molar-refractivity contribution in [1.29, 1.82) is 0 Å². The van der Waals surface area contributed by atoms with Gasteiger partial charge in [-0.3, -0.25) is 0 Å². The molecule has 0 radical (unpaired) electrons. The first-order valence-corrected chi connectivity index (χ1v) is 8.05. The Kier molecular flexibility index (Phi) is 4.48. The molecule has 20 heavy (non-hydrogen) atoms. The Morgan fingerprint density at radius 1 is 1.35 bits per heavy atom. The van der Waals surface area contributed by atoms with Crippen LogP contribution in [0.25, 0.3) is 0 Å². The van der Waals surface area contributed by atoms with Crippen molar-refractivity contribution in [2.75, 3.05) is 41.3 Å². The summed E-state index contributed by atoms with van der Waals surface area (Å²) in [5.41, 5.74) is 0.949. The van der Waals surface area contributed by atoms with E-state index in [0.29, 0.717) is 13.1 Å². The molecule has 7 nitrogen and oxygen atoms in total. The molecule has 0 fully saturated rings. The first-order valence-electron chi connectivity index (χ1n) is 6.65. The smallest absolute Gasteiger partial charge is 0.281 e. The average Bonchev–Trinajstić information content (AvgIpc) is 2.83. The van der Waals surface area contributed by atoms with E-state index in [9.17, 15) is 8.42 Å². The van der Waals surface area contributed by atoms with Crippen LogP contribution in [0.15, 0.2) is 12.5 Å². The van der Waals surface area contributed by atoms with E-state index < -0.39 is 10.2 Å². The number of nitrogens with zero attached hydrogens (tertiary/aromatic N) is 5. The molecule has 1 aliphatic heterocycles. The van der Waals surface area contributed by atoms with Crippen molar-refractivity contribution in [3.63, 3.8) is 0 Å². The molecule has 1 unspecified atom stereocenters. The van der Waals surface area contributed by atoms with Crippen LogP contribution in [0.5, 0.6) is 0 Å². The lowest BCUT2D eigenvalue weighted by Gasteiger charge is -2.35. The second-order valence-corrected chi connectivity index (χ2v) is 7.76. The van der Waals surface area contributed by atoms with Gasteiger partial charge >= 0.3 is 0 Å². The summed E-state index contributed by atoms with van der Waals surface area (Å²) in [5.74, 6) is 0. The lowest BCUT2D eigenvalue weighted by molar-refractivity contribution is 0.244. The minimum absolute atomic E-state index is 0.137. The second-order valence-electron chi connectivity index (χ2n) is 5.62. The summed E-state index contributed by atoms with van der Waals surface area (Å²) in [7, 11) is 3.79. The van der Waals surface area contributed by atoms with Gasteiger partial charge in [-0.15, -0.1) is 0 Å². The molecule has 1 aromatic rings. The third-order valence-electron chi connectivity index (χ3n) is 3.59. The maximum atomic E-state index is 12.3. The number of hydrogen-bond donors (Lipinski definition) is 0. The van der Waals surface area contributed by atoms with E-state index in [1.165, 1.54) is 8.61 Å². The Bertz CT molecular complexity index is 552. The van der Waals surface area contributed by atoms with Crippen LogP contribution in [0.2, 0.25) is 0 Å². The van der Waals surface area contributed by atoms with Crippen LogP contribution in [-0.4, -0.2) is 72.8 Å². The average molecular weight is 301 g/mol. The highest BCUT2D eigenvalue weighted by molar-refractivity contribution is 7.86. The molecule has 2 rings (SSSR count). The quantitative estimate of drug-likeness (QED) is 0.768. The predicted molar refractivity (Wildman–Crippen MR) is 77.5 cm³/mol. The van der Waals surface area contributed by atoms with Crippen molar-refractivity contribution >= 4 is 10.2 Å². The number of fused-ring (bicyclic) bond motifs is 1. The van der Waals surface area contributed by atoms with Crippen molar-refractivity contribution in [3.05, 3.63) is 18.2 Å². The maximum Gasteiger partial charge on any atom is 0.281 e. The minimum Gasteiger partial charge on any atom is -0.329 e. The predicted octanol–water partition coefficient (Wildman–Crippen LogP) is -0.00210. The largest absolute Gasteiger partial charge is 0.329 e. The lowest BCUT2D eigenvalue weighted by Crippen LogP contribution is -2.46. The summed E-state index contributed by atoms with van der Waals surface area (Å²) in [5, 5.41) is 0. The van der Waals surface area contributed by atoms with Gasteiger partial charge in [0.15, 0.2) is 0 Å². The molecule has 0 saturated carbocycles. The van der Waals surface area contributed by atoms with Gasteiger partial charge in [0.25, 0.3) is 10.2 Å². The van der Waals surface area contributed by atoms with Crippen LogP contribution in [0.3, 0.4) is 0 Å². The van der Waals surface area contributed by atoms with Crippen molar-refractivity contribution in [2.24, 2.45) is 0 Å². The van der Waals surface area contributed by atoms with Crippen LogP contribution in [0, 0.1) is 0 Å². The summed E-state index contributed by atoms with van der Waals surface area (Å²) in [4.78, 5) is 6.26. The van der Waals surface area contributed by atoms with Crippen molar-refractivity contribution in [2.45, 2.75) is 19.0 Å². The molecule has 1 aromatic heterocycles. The maximum absolute atomic E-state index is 12.3. The van der Waals surface area contributed by atoms with Crippen LogP contribution in [0.1, 0.15) is 18.2 Å². The molecule has 8 heteroatoms. The highest BCUT2D eigenvalue weighted by Gasteiger charge is 2.33. The first kappa shape index (κ1) is 15.4. The highest BCUT2D eigenvalue weighted by Crippen LogP contribution is 2.26. The monoisotopic (exact) mass is 301 g/mol.